The number of hydrogen-bond donors (Lipinski definition) is 1. The highest BCUT2D eigenvalue weighted by Gasteiger charge is 2.26. The number of carbonyl (C=O) groups is 1. The third-order valence-electron chi connectivity index (χ3n) is 4.58. The second kappa shape index (κ2) is 8.19. The fourth-order valence-corrected chi connectivity index (χ4v) is 4.93. The molecule has 27 heavy (non-hydrogen) atoms. The van der Waals surface area contributed by atoms with Crippen molar-refractivity contribution >= 4 is 44.8 Å². The number of sulfonamides is 1. The number of nitrogens with one attached hydrogen (secondary N) is 1. The molecule has 3 rings (SSSR count). The number of nitrogens with zero attached hydrogens (tertiary/aromatic N) is 1. The van der Waals surface area contributed by atoms with Crippen LogP contribution in [0.15, 0.2) is 41.3 Å². The second-order valence-corrected chi connectivity index (χ2v) is 9.30. The van der Waals surface area contributed by atoms with Gasteiger partial charge in [-0.2, -0.15) is 4.31 Å². The van der Waals surface area contributed by atoms with Gasteiger partial charge in [-0.1, -0.05) is 35.7 Å². The van der Waals surface area contributed by atoms with Gasteiger partial charge in [-0.15, -0.1) is 0 Å². The second-order valence-electron chi connectivity index (χ2n) is 6.52. The van der Waals surface area contributed by atoms with Gasteiger partial charge in [0, 0.05) is 23.8 Å². The molecule has 1 aliphatic rings. The van der Waals surface area contributed by atoms with Crippen LogP contribution in [0.4, 0.5) is 5.69 Å². The molecule has 0 spiro atoms. The fourth-order valence-electron chi connectivity index (χ4n) is 3.01. The lowest BCUT2D eigenvalue weighted by molar-refractivity contribution is 0.102. The van der Waals surface area contributed by atoms with Crippen LogP contribution in [0.1, 0.15) is 35.2 Å². The summed E-state index contributed by atoms with van der Waals surface area (Å²) in [5, 5.41) is 3.41. The molecule has 0 aromatic heterocycles. The van der Waals surface area contributed by atoms with Crippen LogP contribution in [-0.4, -0.2) is 31.7 Å². The molecule has 0 saturated carbocycles. The van der Waals surface area contributed by atoms with E-state index in [4.69, 9.17) is 23.2 Å². The Balaban J connectivity index is 1.89. The lowest BCUT2D eigenvalue weighted by Gasteiger charge is -2.26. The molecule has 144 valence electrons. The molecule has 0 aliphatic carbocycles. The molecule has 1 N–H and O–H groups in total. The van der Waals surface area contributed by atoms with Crippen molar-refractivity contribution in [3.8, 4) is 0 Å². The molecule has 0 atom stereocenters. The summed E-state index contributed by atoms with van der Waals surface area (Å²) < 4.78 is 27.3. The molecule has 1 fully saturated rings. The maximum absolute atomic E-state index is 12.9. The summed E-state index contributed by atoms with van der Waals surface area (Å²) >= 11 is 12.0. The number of aryl methyl sites for hydroxylation is 1. The summed E-state index contributed by atoms with van der Waals surface area (Å²) in [6.45, 7) is 2.85. The predicted molar refractivity (Wildman–Crippen MR) is 108 cm³/mol. The third-order valence-corrected chi connectivity index (χ3v) is 7.04. The zero-order chi connectivity index (χ0) is 19.6. The molecule has 1 saturated heterocycles. The van der Waals surface area contributed by atoms with Crippen LogP contribution in [0.2, 0.25) is 10.0 Å². The highest BCUT2D eigenvalue weighted by Crippen LogP contribution is 2.27. The first-order valence-electron chi connectivity index (χ1n) is 8.66. The van der Waals surface area contributed by atoms with Gasteiger partial charge < -0.3 is 5.32 Å². The van der Waals surface area contributed by atoms with Crippen molar-refractivity contribution in [2.75, 3.05) is 18.4 Å². The number of benzene rings is 2. The first-order valence-corrected chi connectivity index (χ1v) is 10.9. The molecule has 0 bridgehead atoms. The van der Waals surface area contributed by atoms with Crippen molar-refractivity contribution in [2.24, 2.45) is 0 Å². The lowest BCUT2D eigenvalue weighted by Crippen LogP contribution is -2.35. The lowest BCUT2D eigenvalue weighted by atomic mass is 10.1. The zero-order valence-electron chi connectivity index (χ0n) is 14.8. The maximum atomic E-state index is 12.9. The highest BCUT2D eigenvalue weighted by molar-refractivity contribution is 7.89. The first kappa shape index (κ1) is 20.1. The number of carbonyl (C=O) groups excluding carboxylic acids is 1. The van der Waals surface area contributed by atoms with E-state index >= 15 is 0 Å². The fraction of sp³-hybridized carbons (Fsp3) is 0.316. The molecule has 1 heterocycles. The van der Waals surface area contributed by atoms with Gasteiger partial charge in [0.25, 0.3) is 5.91 Å². The van der Waals surface area contributed by atoms with E-state index < -0.39 is 15.9 Å². The smallest absolute Gasteiger partial charge is 0.257 e. The molecular weight excluding hydrogens is 407 g/mol. The monoisotopic (exact) mass is 426 g/mol. The van der Waals surface area contributed by atoms with Gasteiger partial charge in [0.1, 0.15) is 0 Å². The maximum Gasteiger partial charge on any atom is 0.257 e. The van der Waals surface area contributed by atoms with Crippen molar-refractivity contribution in [2.45, 2.75) is 31.1 Å². The quantitative estimate of drug-likeness (QED) is 0.767. The van der Waals surface area contributed by atoms with Gasteiger partial charge in [0.05, 0.1) is 15.5 Å². The standard InChI is InChI=1S/C19H20Cl2N2O3S/c1-13-5-7-15(27(25,26)23-9-3-2-4-10-23)12-18(13)22-19(24)16-11-14(20)6-8-17(16)21/h5-8,11-12H,2-4,9-10H2,1H3,(H,22,24). The van der Waals surface area contributed by atoms with E-state index in [0.717, 1.165) is 24.8 Å². The Morgan fingerprint density at radius 3 is 2.44 bits per heavy atom. The number of halogens is 2. The number of amides is 1. The number of rotatable bonds is 4. The molecule has 5 nitrogen and oxygen atoms in total. The minimum absolute atomic E-state index is 0.169. The Kier molecular flexibility index (Phi) is 6.11. The van der Waals surface area contributed by atoms with Crippen LogP contribution in [0.5, 0.6) is 0 Å². The summed E-state index contributed by atoms with van der Waals surface area (Å²) in [4.78, 5) is 12.8. The number of hydrogen-bond acceptors (Lipinski definition) is 3. The van der Waals surface area contributed by atoms with Crippen LogP contribution in [0, 0.1) is 6.92 Å². The van der Waals surface area contributed by atoms with Gasteiger partial charge in [-0.3, -0.25) is 4.79 Å². The summed E-state index contributed by atoms with van der Waals surface area (Å²) in [7, 11) is -3.58. The van der Waals surface area contributed by atoms with E-state index in [9.17, 15) is 13.2 Å². The Morgan fingerprint density at radius 2 is 1.74 bits per heavy atom. The van der Waals surface area contributed by atoms with Crippen LogP contribution in [0.3, 0.4) is 0 Å². The van der Waals surface area contributed by atoms with E-state index in [1.807, 2.05) is 0 Å². The van der Waals surface area contributed by atoms with E-state index in [2.05, 4.69) is 5.32 Å². The van der Waals surface area contributed by atoms with Crippen molar-refractivity contribution in [1.82, 2.24) is 4.31 Å². The SMILES string of the molecule is Cc1ccc(S(=O)(=O)N2CCCCC2)cc1NC(=O)c1cc(Cl)ccc1Cl. The zero-order valence-corrected chi connectivity index (χ0v) is 17.2. The summed E-state index contributed by atoms with van der Waals surface area (Å²) in [6, 6.07) is 9.37. The molecule has 0 radical (unpaired) electrons. The largest absolute Gasteiger partial charge is 0.322 e. The molecule has 1 amide bonds. The Bertz CT molecular complexity index is 971. The number of piperidine rings is 1. The van der Waals surface area contributed by atoms with Gasteiger partial charge in [0.2, 0.25) is 10.0 Å². The van der Waals surface area contributed by atoms with Crippen molar-refractivity contribution in [3.05, 3.63) is 57.6 Å². The summed E-state index contributed by atoms with van der Waals surface area (Å²) in [5.74, 6) is -0.446. The van der Waals surface area contributed by atoms with E-state index in [-0.39, 0.29) is 15.5 Å². The van der Waals surface area contributed by atoms with E-state index in [1.54, 1.807) is 31.2 Å². The van der Waals surface area contributed by atoms with Gasteiger partial charge >= 0.3 is 0 Å². The first-order chi connectivity index (χ1) is 12.8. The third kappa shape index (κ3) is 4.46. The predicted octanol–water partition coefficient (Wildman–Crippen LogP) is 4.73. The average Bonchev–Trinajstić information content (AvgIpc) is 2.66. The summed E-state index contributed by atoms with van der Waals surface area (Å²) in [5.41, 5.74) is 1.40. The molecule has 2 aromatic rings. The molecular formula is C19H20Cl2N2O3S. The Labute approximate surface area is 169 Å². The molecule has 0 unspecified atom stereocenters. The molecule has 2 aromatic carbocycles. The Hall–Kier alpha value is -1.60. The summed E-state index contributed by atoms with van der Waals surface area (Å²) in [6.07, 6.45) is 2.77. The van der Waals surface area contributed by atoms with E-state index in [0.29, 0.717) is 23.8 Å². The van der Waals surface area contributed by atoms with Crippen LogP contribution < -0.4 is 5.32 Å². The van der Waals surface area contributed by atoms with Gasteiger partial charge in [0.15, 0.2) is 0 Å². The van der Waals surface area contributed by atoms with Gasteiger partial charge in [-0.05, 0) is 55.7 Å². The Morgan fingerprint density at radius 1 is 1.04 bits per heavy atom. The average molecular weight is 427 g/mol. The van der Waals surface area contributed by atoms with Gasteiger partial charge in [-0.25, -0.2) is 8.42 Å². The molecule has 1 aliphatic heterocycles. The minimum atomic E-state index is -3.58. The highest BCUT2D eigenvalue weighted by atomic mass is 35.5. The van der Waals surface area contributed by atoms with Crippen molar-refractivity contribution in [3.63, 3.8) is 0 Å². The molecule has 8 heteroatoms. The van der Waals surface area contributed by atoms with Crippen LogP contribution in [0.25, 0.3) is 0 Å². The van der Waals surface area contributed by atoms with E-state index in [1.165, 1.54) is 16.4 Å². The van der Waals surface area contributed by atoms with Crippen LogP contribution in [-0.2, 0) is 10.0 Å². The van der Waals surface area contributed by atoms with Crippen LogP contribution >= 0.6 is 23.2 Å². The number of anilines is 1. The van der Waals surface area contributed by atoms with Crippen molar-refractivity contribution < 1.29 is 13.2 Å². The van der Waals surface area contributed by atoms with Crippen molar-refractivity contribution in [1.29, 1.82) is 0 Å². The topological polar surface area (TPSA) is 66.5 Å². The normalized spacial score (nSPS) is 15.5. The minimum Gasteiger partial charge on any atom is -0.322 e.